The highest BCUT2D eigenvalue weighted by Gasteiger charge is 2.42. The summed E-state index contributed by atoms with van der Waals surface area (Å²) in [5.41, 5.74) is 2.64. The largest absolute Gasteiger partial charge is 0.443 e. The van der Waals surface area contributed by atoms with E-state index in [2.05, 4.69) is 38.0 Å². The molecule has 2 N–H and O–H groups in total. The highest BCUT2D eigenvalue weighted by Crippen LogP contribution is 2.28. The van der Waals surface area contributed by atoms with Crippen molar-refractivity contribution in [3.8, 4) is 11.3 Å². The number of aryl methyl sites for hydroxylation is 1. The van der Waals surface area contributed by atoms with Crippen molar-refractivity contribution in [2.45, 2.75) is 58.3 Å². The number of carbonyl (C=O) groups excluding carboxylic acids is 2. The zero-order chi connectivity index (χ0) is 25.3. The van der Waals surface area contributed by atoms with Crippen LogP contribution >= 0.6 is 22.6 Å². The summed E-state index contributed by atoms with van der Waals surface area (Å²) in [5.74, 6) is 0.185. The topological polar surface area (TPSA) is 113 Å². The fourth-order valence-corrected chi connectivity index (χ4v) is 4.95. The molecule has 9 nitrogen and oxygen atoms in total. The van der Waals surface area contributed by atoms with E-state index >= 15 is 0 Å². The smallest absolute Gasteiger partial charge is 0.248 e. The fourth-order valence-electron chi connectivity index (χ4n) is 4.54. The molecule has 35 heavy (non-hydrogen) atoms. The van der Waals surface area contributed by atoms with Crippen LogP contribution in [0.25, 0.3) is 11.3 Å². The van der Waals surface area contributed by atoms with Crippen LogP contribution in [0.1, 0.15) is 50.5 Å². The van der Waals surface area contributed by atoms with Crippen LogP contribution in [-0.4, -0.2) is 55.3 Å². The number of rotatable bonds is 7. The van der Waals surface area contributed by atoms with Gasteiger partial charge in [-0.05, 0) is 47.9 Å². The predicted octanol–water partition coefficient (Wildman–Crippen LogP) is 3.49. The van der Waals surface area contributed by atoms with Crippen LogP contribution in [0.3, 0.4) is 0 Å². The average Bonchev–Trinajstić information content (AvgIpc) is 3.53. The minimum atomic E-state index is -0.750. The number of nitrogens with zero attached hydrogens (tertiary/aromatic N) is 4. The second-order valence-corrected chi connectivity index (χ2v) is 10.6. The molecular weight excluding hydrogens is 561 g/mol. The number of hydrogen-bond donors (Lipinski definition) is 2. The van der Waals surface area contributed by atoms with Crippen LogP contribution < -0.4 is 5.32 Å². The number of halogens is 1. The van der Waals surface area contributed by atoms with Crippen molar-refractivity contribution in [2.75, 3.05) is 6.54 Å². The van der Waals surface area contributed by atoms with Gasteiger partial charge in [-0.1, -0.05) is 38.1 Å². The number of aromatic nitrogens is 3. The van der Waals surface area contributed by atoms with Gasteiger partial charge in [-0.2, -0.15) is 5.10 Å². The third-order valence-electron chi connectivity index (χ3n) is 6.38. The lowest BCUT2D eigenvalue weighted by Crippen LogP contribution is -2.49. The molecule has 2 amide bonds. The van der Waals surface area contributed by atoms with Gasteiger partial charge in [0.2, 0.25) is 11.8 Å². The standard InChI is InChI=1S/C25H30IN5O4/c1-14(2)22(31-11-19(26)10-28-31)25(34)30-12-20(32)9-21(30)24(33)29-15(3)17-5-7-18(8-6-17)23-16(4)27-13-35-23/h5-8,10-11,13-15,20-22,32H,9,12H2,1-4H3,(H,29,33). The normalized spacial score (nSPS) is 19.7. The first kappa shape index (κ1) is 25.4. The van der Waals surface area contributed by atoms with E-state index in [9.17, 15) is 14.7 Å². The maximum absolute atomic E-state index is 13.5. The van der Waals surface area contributed by atoms with Gasteiger partial charge in [-0.25, -0.2) is 4.98 Å². The predicted molar refractivity (Wildman–Crippen MR) is 138 cm³/mol. The molecule has 4 rings (SSSR count). The fraction of sp³-hybridized carbons (Fsp3) is 0.440. The van der Waals surface area contributed by atoms with Crippen LogP contribution in [0.15, 0.2) is 47.5 Å². The van der Waals surface area contributed by atoms with E-state index in [0.717, 1.165) is 20.4 Å². The summed E-state index contributed by atoms with van der Waals surface area (Å²) in [4.78, 5) is 32.4. The van der Waals surface area contributed by atoms with E-state index in [4.69, 9.17) is 4.42 Å². The third-order valence-corrected chi connectivity index (χ3v) is 6.94. The van der Waals surface area contributed by atoms with E-state index in [0.29, 0.717) is 5.76 Å². The molecule has 4 unspecified atom stereocenters. The Morgan fingerprint density at radius 1 is 1.23 bits per heavy atom. The van der Waals surface area contributed by atoms with Gasteiger partial charge in [0.15, 0.2) is 12.2 Å². The van der Waals surface area contributed by atoms with Gasteiger partial charge in [-0.15, -0.1) is 0 Å². The monoisotopic (exact) mass is 591 g/mol. The molecule has 0 aliphatic carbocycles. The molecule has 1 aliphatic rings. The second kappa shape index (κ2) is 10.5. The van der Waals surface area contributed by atoms with Gasteiger partial charge in [0.25, 0.3) is 0 Å². The molecule has 1 aromatic carbocycles. The molecule has 0 spiro atoms. The zero-order valence-corrected chi connectivity index (χ0v) is 22.3. The minimum absolute atomic E-state index is 0.0370. The first-order valence-electron chi connectivity index (χ1n) is 11.6. The summed E-state index contributed by atoms with van der Waals surface area (Å²) in [5, 5.41) is 17.7. The van der Waals surface area contributed by atoms with Gasteiger partial charge in [-0.3, -0.25) is 14.3 Å². The molecule has 3 heterocycles. The van der Waals surface area contributed by atoms with Crippen molar-refractivity contribution in [3.63, 3.8) is 0 Å². The second-order valence-electron chi connectivity index (χ2n) is 9.34. The van der Waals surface area contributed by atoms with E-state index in [1.165, 1.54) is 11.3 Å². The van der Waals surface area contributed by atoms with Crippen molar-refractivity contribution in [2.24, 2.45) is 5.92 Å². The Morgan fingerprint density at radius 3 is 2.51 bits per heavy atom. The average molecular weight is 591 g/mol. The number of β-amino-alcohol motifs (C(OH)–C–C–N with tert-alkyl or cyclic N) is 1. The van der Waals surface area contributed by atoms with Crippen molar-refractivity contribution < 1.29 is 19.1 Å². The molecule has 0 bridgehead atoms. The number of nitrogens with one attached hydrogen (secondary N) is 1. The molecule has 186 valence electrons. The highest BCUT2D eigenvalue weighted by molar-refractivity contribution is 14.1. The Labute approximate surface area is 218 Å². The van der Waals surface area contributed by atoms with Crippen LogP contribution in [0.5, 0.6) is 0 Å². The van der Waals surface area contributed by atoms with Crippen molar-refractivity contribution in [1.82, 2.24) is 25.0 Å². The van der Waals surface area contributed by atoms with E-state index in [-0.39, 0.29) is 36.7 Å². The summed E-state index contributed by atoms with van der Waals surface area (Å²) in [6.45, 7) is 7.80. The number of likely N-dealkylation sites (tertiary alicyclic amines) is 1. The van der Waals surface area contributed by atoms with Crippen LogP contribution in [0, 0.1) is 16.4 Å². The van der Waals surface area contributed by atoms with Gasteiger partial charge in [0.1, 0.15) is 12.1 Å². The summed E-state index contributed by atoms with van der Waals surface area (Å²) < 4.78 is 8.02. The minimum Gasteiger partial charge on any atom is -0.443 e. The Balaban J connectivity index is 1.47. The number of hydrogen-bond acceptors (Lipinski definition) is 6. The van der Waals surface area contributed by atoms with Crippen molar-refractivity contribution in [1.29, 1.82) is 0 Å². The number of aliphatic hydroxyl groups excluding tert-OH is 1. The van der Waals surface area contributed by atoms with Crippen molar-refractivity contribution in [3.05, 3.63) is 57.9 Å². The number of aliphatic hydroxyl groups is 1. The lowest BCUT2D eigenvalue weighted by molar-refractivity contribution is -0.142. The molecule has 1 fully saturated rings. The Bertz CT molecular complexity index is 1190. The SMILES string of the molecule is Cc1ncoc1-c1ccc(C(C)NC(=O)C2CC(O)CN2C(=O)C(C(C)C)n2cc(I)cn2)cc1. The molecule has 1 saturated heterocycles. The van der Waals surface area contributed by atoms with Gasteiger partial charge in [0.05, 0.1) is 27.6 Å². The van der Waals surface area contributed by atoms with E-state index in [1.54, 1.807) is 10.9 Å². The molecular formula is C25H30IN5O4. The molecule has 0 saturated carbocycles. The third kappa shape index (κ3) is 5.43. The zero-order valence-electron chi connectivity index (χ0n) is 20.2. The molecule has 1 aliphatic heterocycles. The highest BCUT2D eigenvalue weighted by atomic mass is 127. The Morgan fingerprint density at radius 2 is 1.94 bits per heavy atom. The molecule has 3 aromatic rings. The quantitative estimate of drug-likeness (QED) is 0.407. The van der Waals surface area contributed by atoms with Gasteiger partial charge in [0, 0.05) is 24.7 Å². The molecule has 10 heteroatoms. The first-order chi connectivity index (χ1) is 16.7. The molecule has 4 atom stereocenters. The lowest BCUT2D eigenvalue weighted by atomic mass is 10.0. The van der Waals surface area contributed by atoms with Crippen LogP contribution in [0.2, 0.25) is 0 Å². The number of amides is 2. The number of oxazole rings is 1. The Hall–Kier alpha value is -2.73. The molecule has 0 radical (unpaired) electrons. The maximum atomic E-state index is 13.5. The Kier molecular flexibility index (Phi) is 7.60. The van der Waals surface area contributed by atoms with Crippen molar-refractivity contribution >= 4 is 34.4 Å². The van der Waals surface area contributed by atoms with Gasteiger partial charge < -0.3 is 19.7 Å². The first-order valence-corrected chi connectivity index (χ1v) is 12.7. The van der Waals surface area contributed by atoms with E-state index in [1.807, 2.05) is 58.2 Å². The summed E-state index contributed by atoms with van der Waals surface area (Å²) in [6, 6.07) is 6.15. The summed E-state index contributed by atoms with van der Waals surface area (Å²) >= 11 is 2.15. The van der Waals surface area contributed by atoms with Crippen LogP contribution in [-0.2, 0) is 9.59 Å². The summed E-state index contributed by atoms with van der Waals surface area (Å²) in [7, 11) is 0. The number of carbonyl (C=O) groups is 2. The van der Waals surface area contributed by atoms with E-state index < -0.39 is 18.2 Å². The number of benzene rings is 1. The summed E-state index contributed by atoms with van der Waals surface area (Å²) in [6.07, 6.45) is 4.39. The van der Waals surface area contributed by atoms with Gasteiger partial charge >= 0.3 is 0 Å². The van der Waals surface area contributed by atoms with Crippen LogP contribution in [0.4, 0.5) is 0 Å². The lowest BCUT2D eigenvalue weighted by Gasteiger charge is -2.30. The maximum Gasteiger partial charge on any atom is 0.248 e. The molecule has 2 aromatic heterocycles.